The van der Waals surface area contributed by atoms with Gasteiger partial charge in [0.15, 0.2) is 0 Å². The lowest BCUT2D eigenvalue weighted by atomic mass is 10.2. The van der Waals surface area contributed by atoms with Gasteiger partial charge in [0.2, 0.25) is 10.0 Å². The third-order valence-electron chi connectivity index (χ3n) is 4.78. The van der Waals surface area contributed by atoms with Gasteiger partial charge in [-0.2, -0.15) is 4.31 Å². The van der Waals surface area contributed by atoms with Gasteiger partial charge in [-0.05, 0) is 43.2 Å². The van der Waals surface area contributed by atoms with Crippen molar-refractivity contribution in [2.45, 2.75) is 24.2 Å². The van der Waals surface area contributed by atoms with Crippen LogP contribution in [0.25, 0.3) is 0 Å². The van der Waals surface area contributed by atoms with Gasteiger partial charge in [-0.15, -0.1) is 0 Å². The summed E-state index contributed by atoms with van der Waals surface area (Å²) < 4.78 is 54.3. The molecule has 1 heterocycles. The molecule has 0 aromatic heterocycles. The zero-order valence-electron chi connectivity index (χ0n) is 16.3. The molecule has 2 aromatic carbocycles. The van der Waals surface area contributed by atoms with Crippen molar-refractivity contribution in [3.05, 3.63) is 53.6 Å². The number of carbonyl (C=O) groups is 1. The number of benzene rings is 2. The molecule has 0 aliphatic carbocycles. The van der Waals surface area contributed by atoms with Gasteiger partial charge in [0.25, 0.3) is 5.91 Å². The number of halogens is 2. The molecule has 1 saturated heterocycles. The van der Waals surface area contributed by atoms with Gasteiger partial charge in [-0.1, -0.05) is 6.42 Å². The molecular formula is C20H23F2N3O3S. The van der Waals surface area contributed by atoms with E-state index in [1.165, 1.54) is 16.4 Å². The van der Waals surface area contributed by atoms with Crippen molar-refractivity contribution in [2.24, 2.45) is 0 Å². The highest BCUT2D eigenvalue weighted by Gasteiger charge is 2.27. The van der Waals surface area contributed by atoms with Crippen LogP contribution in [0.4, 0.5) is 20.2 Å². The number of rotatable bonds is 5. The molecule has 0 atom stereocenters. The first-order chi connectivity index (χ1) is 13.7. The molecule has 1 amide bonds. The smallest absolute Gasteiger partial charge is 0.255 e. The van der Waals surface area contributed by atoms with Gasteiger partial charge in [0.05, 0.1) is 16.3 Å². The van der Waals surface area contributed by atoms with Gasteiger partial charge < -0.3 is 10.2 Å². The molecule has 1 N–H and O–H groups in total. The first kappa shape index (κ1) is 21.2. The second-order valence-electron chi connectivity index (χ2n) is 7.15. The average molecular weight is 423 g/mol. The van der Waals surface area contributed by atoms with E-state index in [0.29, 0.717) is 24.8 Å². The van der Waals surface area contributed by atoms with E-state index in [9.17, 15) is 22.0 Å². The van der Waals surface area contributed by atoms with Crippen LogP contribution in [0, 0.1) is 11.6 Å². The van der Waals surface area contributed by atoms with Crippen LogP contribution in [0.5, 0.6) is 0 Å². The molecule has 1 fully saturated rings. The van der Waals surface area contributed by atoms with Crippen molar-refractivity contribution in [1.82, 2.24) is 4.31 Å². The molecule has 29 heavy (non-hydrogen) atoms. The van der Waals surface area contributed by atoms with Crippen molar-refractivity contribution < 1.29 is 22.0 Å². The van der Waals surface area contributed by atoms with Gasteiger partial charge in [0.1, 0.15) is 11.6 Å². The number of anilines is 2. The molecule has 1 aliphatic heterocycles. The van der Waals surface area contributed by atoms with Crippen LogP contribution in [-0.4, -0.2) is 45.8 Å². The Morgan fingerprint density at radius 2 is 1.62 bits per heavy atom. The van der Waals surface area contributed by atoms with Crippen LogP contribution in [-0.2, 0) is 10.0 Å². The second-order valence-corrected chi connectivity index (χ2v) is 9.09. The molecule has 156 valence electrons. The summed E-state index contributed by atoms with van der Waals surface area (Å²) in [5, 5.41) is 2.58. The first-order valence-corrected chi connectivity index (χ1v) is 10.7. The number of sulfonamides is 1. The fraction of sp³-hybridized carbons (Fsp3) is 0.350. The van der Waals surface area contributed by atoms with Crippen LogP contribution < -0.4 is 10.2 Å². The van der Waals surface area contributed by atoms with E-state index in [1.807, 2.05) is 0 Å². The molecule has 9 heteroatoms. The summed E-state index contributed by atoms with van der Waals surface area (Å²) in [4.78, 5) is 14.3. The van der Waals surface area contributed by atoms with Crippen molar-refractivity contribution in [1.29, 1.82) is 0 Å². The number of nitrogens with one attached hydrogen (secondary N) is 1. The lowest BCUT2D eigenvalue weighted by Crippen LogP contribution is -2.35. The number of piperidine rings is 1. The Labute approximate surface area is 169 Å². The number of hydrogen-bond donors (Lipinski definition) is 1. The van der Waals surface area contributed by atoms with E-state index in [-0.39, 0.29) is 16.1 Å². The lowest BCUT2D eigenvalue weighted by Gasteiger charge is -2.26. The molecule has 6 nitrogen and oxygen atoms in total. The minimum Gasteiger partial charge on any atom is -0.376 e. The first-order valence-electron chi connectivity index (χ1n) is 9.27. The Bertz CT molecular complexity index is 999. The quantitative estimate of drug-likeness (QED) is 0.800. The number of amides is 1. The molecule has 1 aliphatic rings. The van der Waals surface area contributed by atoms with Crippen LogP contribution in [0.2, 0.25) is 0 Å². The van der Waals surface area contributed by atoms with E-state index in [2.05, 4.69) is 5.32 Å². The molecule has 3 rings (SSSR count). The Hall–Kier alpha value is -2.52. The Morgan fingerprint density at radius 3 is 2.21 bits per heavy atom. The highest BCUT2D eigenvalue weighted by Crippen LogP contribution is 2.30. The summed E-state index contributed by atoms with van der Waals surface area (Å²) in [5.74, 6) is -2.48. The second kappa shape index (κ2) is 8.46. The largest absolute Gasteiger partial charge is 0.376 e. The molecule has 0 unspecified atom stereocenters. The van der Waals surface area contributed by atoms with Crippen molar-refractivity contribution >= 4 is 27.3 Å². The molecule has 0 bridgehead atoms. The number of nitrogens with zero attached hydrogens (tertiary/aromatic N) is 2. The predicted molar refractivity (Wildman–Crippen MR) is 108 cm³/mol. The normalized spacial score (nSPS) is 15.2. The van der Waals surface area contributed by atoms with Gasteiger partial charge in [0, 0.05) is 38.8 Å². The average Bonchev–Trinajstić information content (AvgIpc) is 2.67. The third-order valence-corrected chi connectivity index (χ3v) is 6.67. The zero-order chi connectivity index (χ0) is 21.2. The summed E-state index contributed by atoms with van der Waals surface area (Å²) in [6.07, 6.45) is 2.62. The molecule has 0 saturated carbocycles. The van der Waals surface area contributed by atoms with Crippen LogP contribution in [0.15, 0.2) is 41.3 Å². The van der Waals surface area contributed by atoms with Gasteiger partial charge in [-0.25, -0.2) is 17.2 Å². The standard InChI is InChI=1S/C20H23F2N3O3S/c1-24(2)19-7-6-17(29(27,28)25-8-4-3-5-9-25)13-18(19)23-20(26)14-10-15(21)12-16(22)11-14/h6-7,10-13H,3-5,8-9H2,1-2H3,(H,23,26). The number of hydrogen-bond acceptors (Lipinski definition) is 4. The van der Waals surface area contributed by atoms with E-state index in [0.717, 1.165) is 31.4 Å². The summed E-state index contributed by atoms with van der Waals surface area (Å²) >= 11 is 0. The maximum absolute atomic E-state index is 13.4. The molecule has 2 aromatic rings. The van der Waals surface area contributed by atoms with Crippen LogP contribution >= 0.6 is 0 Å². The number of carbonyl (C=O) groups excluding carboxylic acids is 1. The minimum atomic E-state index is -3.70. The molecular weight excluding hydrogens is 400 g/mol. The Balaban J connectivity index is 1.96. The summed E-state index contributed by atoms with van der Waals surface area (Å²) in [6, 6.07) is 6.99. The van der Waals surface area contributed by atoms with E-state index in [1.54, 1.807) is 25.1 Å². The topological polar surface area (TPSA) is 69.7 Å². The fourth-order valence-electron chi connectivity index (χ4n) is 3.30. The molecule has 0 spiro atoms. The summed E-state index contributed by atoms with van der Waals surface area (Å²) in [5.41, 5.74) is 0.604. The Kier molecular flexibility index (Phi) is 6.18. The summed E-state index contributed by atoms with van der Waals surface area (Å²) in [6.45, 7) is 0.921. The van der Waals surface area contributed by atoms with Gasteiger partial charge >= 0.3 is 0 Å². The third kappa shape index (κ3) is 4.73. The lowest BCUT2D eigenvalue weighted by molar-refractivity contribution is 0.102. The van der Waals surface area contributed by atoms with E-state index < -0.39 is 27.6 Å². The Morgan fingerprint density at radius 1 is 1.00 bits per heavy atom. The highest BCUT2D eigenvalue weighted by molar-refractivity contribution is 7.89. The van der Waals surface area contributed by atoms with E-state index in [4.69, 9.17) is 0 Å². The van der Waals surface area contributed by atoms with Crippen molar-refractivity contribution in [2.75, 3.05) is 37.4 Å². The van der Waals surface area contributed by atoms with E-state index >= 15 is 0 Å². The maximum Gasteiger partial charge on any atom is 0.255 e. The minimum absolute atomic E-state index is 0.0609. The van der Waals surface area contributed by atoms with Crippen LogP contribution in [0.1, 0.15) is 29.6 Å². The van der Waals surface area contributed by atoms with Crippen LogP contribution in [0.3, 0.4) is 0 Å². The van der Waals surface area contributed by atoms with Crippen molar-refractivity contribution in [3.63, 3.8) is 0 Å². The fourth-order valence-corrected chi connectivity index (χ4v) is 4.84. The maximum atomic E-state index is 13.4. The zero-order valence-corrected chi connectivity index (χ0v) is 17.1. The highest BCUT2D eigenvalue weighted by atomic mass is 32.2. The predicted octanol–water partition coefficient (Wildman–Crippen LogP) is 3.46. The SMILES string of the molecule is CN(C)c1ccc(S(=O)(=O)N2CCCCC2)cc1NC(=O)c1cc(F)cc(F)c1. The van der Waals surface area contributed by atoms with Gasteiger partial charge in [-0.3, -0.25) is 4.79 Å². The van der Waals surface area contributed by atoms with Crippen molar-refractivity contribution in [3.8, 4) is 0 Å². The summed E-state index contributed by atoms with van der Waals surface area (Å²) in [7, 11) is -0.214. The monoisotopic (exact) mass is 423 g/mol. The molecule has 0 radical (unpaired) electrons.